The van der Waals surface area contributed by atoms with Crippen molar-refractivity contribution in [1.29, 1.82) is 0 Å². The molecule has 188 valence electrons. The molecule has 0 aliphatic carbocycles. The fourth-order valence-electron chi connectivity index (χ4n) is 4.24. The molecule has 10 heteroatoms. The van der Waals surface area contributed by atoms with Gasteiger partial charge in [-0.25, -0.2) is 4.79 Å². The maximum atomic E-state index is 13.7. The van der Waals surface area contributed by atoms with Gasteiger partial charge in [0, 0.05) is 11.5 Å². The standard InChI is InChI=1S/C27H22N2O6S2/c28-21-24(31)29-22(18(14-36-25(21)29)15-37-27(33)19-11-12-34-20(19)13-30)26(32)35-23(16-7-3-1-4-8-16)17-9-5-2-6-10-17/h1-13,21,23,25H,14-15,28H2/t21?,25-/m0/s1. The summed E-state index contributed by atoms with van der Waals surface area (Å²) in [4.78, 5) is 51.7. The molecule has 2 aliphatic rings. The van der Waals surface area contributed by atoms with Crippen molar-refractivity contribution >= 4 is 46.8 Å². The quantitative estimate of drug-likeness (QED) is 0.261. The first-order valence-electron chi connectivity index (χ1n) is 11.4. The smallest absolute Gasteiger partial charge is 0.356 e. The highest BCUT2D eigenvalue weighted by Crippen LogP contribution is 2.41. The zero-order valence-electron chi connectivity index (χ0n) is 19.4. The number of amides is 1. The number of β-lactam (4-membered cyclic amide) rings is 1. The van der Waals surface area contributed by atoms with Crippen molar-refractivity contribution in [2.45, 2.75) is 17.5 Å². The van der Waals surface area contributed by atoms with Gasteiger partial charge in [0.15, 0.2) is 18.2 Å². The lowest BCUT2D eigenvalue weighted by molar-refractivity contribution is -0.153. The minimum atomic E-state index is -0.705. The number of hydrogen-bond acceptors (Lipinski definition) is 9. The summed E-state index contributed by atoms with van der Waals surface area (Å²) in [5.74, 6) is -0.552. The molecule has 1 unspecified atom stereocenters. The van der Waals surface area contributed by atoms with Crippen molar-refractivity contribution in [3.63, 3.8) is 0 Å². The van der Waals surface area contributed by atoms with Crippen LogP contribution >= 0.6 is 23.5 Å². The van der Waals surface area contributed by atoms with Crippen molar-refractivity contribution in [2.75, 3.05) is 11.5 Å². The summed E-state index contributed by atoms with van der Waals surface area (Å²) in [6.07, 6.45) is 1.05. The van der Waals surface area contributed by atoms with E-state index in [0.29, 0.717) is 17.6 Å². The highest BCUT2D eigenvalue weighted by Gasteiger charge is 2.52. The first-order chi connectivity index (χ1) is 18.0. The Labute approximate surface area is 221 Å². The zero-order valence-corrected chi connectivity index (χ0v) is 21.1. The molecule has 8 nitrogen and oxygen atoms in total. The number of rotatable bonds is 8. The summed E-state index contributed by atoms with van der Waals surface area (Å²) >= 11 is 2.36. The van der Waals surface area contributed by atoms with Gasteiger partial charge in [-0.05, 0) is 22.8 Å². The van der Waals surface area contributed by atoms with Gasteiger partial charge in [0.1, 0.15) is 17.1 Å². The van der Waals surface area contributed by atoms with E-state index in [0.717, 1.165) is 22.9 Å². The molecule has 1 aromatic heterocycles. The Hall–Kier alpha value is -3.60. The van der Waals surface area contributed by atoms with Gasteiger partial charge in [-0.15, -0.1) is 11.8 Å². The molecule has 2 aromatic carbocycles. The molecule has 0 radical (unpaired) electrons. The zero-order chi connectivity index (χ0) is 25.9. The second-order valence-electron chi connectivity index (χ2n) is 8.39. The maximum Gasteiger partial charge on any atom is 0.356 e. The summed E-state index contributed by atoms with van der Waals surface area (Å²) in [6.45, 7) is 0. The van der Waals surface area contributed by atoms with E-state index >= 15 is 0 Å². The minimum absolute atomic E-state index is 0.0540. The highest BCUT2D eigenvalue weighted by atomic mass is 32.2. The van der Waals surface area contributed by atoms with Gasteiger partial charge >= 0.3 is 5.97 Å². The Morgan fingerprint density at radius 1 is 1.11 bits per heavy atom. The van der Waals surface area contributed by atoms with E-state index in [1.807, 2.05) is 60.7 Å². The van der Waals surface area contributed by atoms with Crippen LogP contribution < -0.4 is 5.73 Å². The molecule has 1 fully saturated rings. The summed E-state index contributed by atoms with van der Waals surface area (Å²) < 4.78 is 11.1. The van der Waals surface area contributed by atoms with Gasteiger partial charge in [0.05, 0.1) is 11.8 Å². The van der Waals surface area contributed by atoms with E-state index in [2.05, 4.69) is 0 Å². The Bertz CT molecular complexity index is 1330. The van der Waals surface area contributed by atoms with Crippen molar-refractivity contribution in [3.05, 3.63) is 107 Å². The third-order valence-corrected chi connectivity index (χ3v) is 8.45. The lowest BCUT2D eigenvalue weighted by atomic mass is 10.0. The summed E-state index contributed by atoms with van der Waals surface area (Å²) in [6, 6.07) is 19.4. The van der Waals surface area contributed by atoms with Gasteiger partial charge in [-0.1, -0.05) is 72.4 Å². The topological polar surface area (TPSA) is 120 Å². The number of nitrogens with zero attached hydrogens (tertiary/aromatic N) is 1. The maximum absolute atomic E-state index is 13.7. The van der Waals surface area contributed by atoms with Crippen LogP contribution in [0.5, 0.6) is 0 Å². The molecule has 0 saturated carbocycles. The molecule has 0 bridgehead atoms. The summed E-state index contributed by atoms with van der Waals surface area (Å²) in [5.41, 5.74) is 8.42. The molecule has 37 heavy (non-hydrogen) atoms. The average molecular weight is 535 g/mol. The Balaban J connectivity index is 1.45. The van der Waals surface area contributed by atoms with E-state index in [1.165, 1.54) is 29.0 Å². The van der Waals surface area contributed by atoms with E-state index in [1.54, 1.807) is 0 Å². The van der Waals surface area contributed by atoms with Crippen LogP contribution in [0.15, 0.2) is 88.7 Å². The van der Waals surface area contributed by atoms with Gasteiger partial charge < -0.3 is 14.9 Å². The van der Waals surface area contributed by atoms with Crippen LogP contribution in [0.25, 0.3) is 0 Å². The number of carbonyl (C=O) groups is 4. The Kier molecular flexibility index (Phi) is 7.31. The second kappa shape index (κ2) is 10.8. The van der Waals surface area contributed by atoms with Gasteiger partial charge in [0.2, 0.25) is 11.0 Å². The highest BCUT2D eigenvalue weighted by molar-refractivity contribution is 8.14. The number of aldehydes is 1. The molecule has 3 heterocycles. The first-order valence-corrected chi connectivity index (χ1v) is 13.5. The fourth-order valence-corrected chi connectivity index (χ4v) is 6.53. The summed E-state index contributed by atoms with van der Waals surface area (Å²) in [5, 5.41) is -0.747. The monoisotopic (exact) mass is 534 g/mol. The van der Waals surface area contributed by atoms with Crippen LogP contribution in [0.4, 0.5) is 0 Å². The van der Waals surface area contributed by atoms with Crippen molar-refractivity contribution < 1.29 is 28.3 Å². The van der Waals surface area contributed by atoms with Crippen LogP contribution in [0, 0.1) is 0 Å². The van der Waals surface area contributed by atoms with Crippen molar-refractivity contribution in [2.24, 2.45) is 5.73 Å². The van der Waals surface area contributed by atoms with E-state index in [4.69, 9.17) is 14.9 Å². The molecule has 2 aliphatic heterocycles. The van der Waals surface area contributed by atoms with Crippen molar-refractivity contribution in [3.8, 4) is 0 Å². The van der Waals surface area contributed by atoms with Crippen molar-refractivity contribution in [1.82, 2.24) is 4.90 Å². The molecule has 0 spiro atoms. The van der Waals surface area contributed by atoms with Gasteiger partial charge in [-0.2, -0.15) is 0 Å². The fraction of sp³-hybridized carbons (Fsp3) is 0.185. The lowest BCUT2D eigenvalue weighted by Crippen LogP contribution is -2.68. The first kappa shape index (κ1) is 25.1. The van der Waals surface area contributed by atoms with Crippen LogP contribution in [0.3, 0.4) is 0 Å². The van der Waals surface area contributed by atoms with E-state index < -0.39 is 18.1 Å². The molecular formula is C27H22N2O6S2. The number of benzene rings is 2. The number of fused-ring (bicyclic) bond motifs is 1. The Morgan fingerprint density at radius 2 is 1.76 bits per heavy atom. The molecule has 2 N–H and O–H groups in total. The predicted molar refractivity (Wildman–Crippen MR) is 140 cm³/mol. The number of esters is 1. The number of thioether (sulfide) groups is 2. The van der Waals surface area contributed by atoms with Crippen LogP contribution in [0.1, 0.15) is 38.1 Å². The number of hydrogen-bond donors (Lipinski definition) is 1. The largest absolute Gasteiger partial charge is 0.461 e. The minimum Gasteiger partial charge on any atom is -0.461 e. The third-order valence-electron chi connectivity index (χ3n) is 6.11. The molecule has 1 amide bonds. The average Bonchev–Trinajstić information content (AvgIpc) is 3.43. The number of ether oxygens (including phenoxy) is 1. The van der Waals surface area contributed by atoms with E-state index in [-0.39, 0.29) is 39.2 Å². The number of carbonyl (C=O) groups excluding carboxylic acids is 4. The van der Waals surface area contributed by atoms with Crippen LogP contribution in [0.2, 0.25) is 0 Å². The predicted octanol–water partition coefficient (Wildman–Crippen LogP) is 3.79. The van der Waals surface area contributed by atoms with Crippen LogP contribution in [-0.2, 0) is 14.3 Å². The normalized spacial score (nSPS) is 18.9. The third kappa shape index (κ3) is 4.87. The van der Waals surface area contributed by atoms with E-state index in [9.17, 15) is 19.2 Å². The lowest BCUT2D eigenvalue weighted by Gasteiger charge is -2.48. The van der Waals surface area contributed by atoms with Crippen LogP contribution in [-0.4, -0.2) is 51.1 Å². The molecule has 3 aromatic rings. The molecule has 1 saturated heterocycles. The van der Waals surface area contributed by atoms with Gasteiger partial charge in [-0.3, -0.25) is 19.3 Å². The molecule has 5 rings (SSSR count). The van der Waals surface area contributed by atoms with Gasteiger partial charge in [0.25, 0.3) is 0 Å². The molecular weight excluding hydrogens is 512 g/mol. The SMILES string of the molecule is NC1C(=O)N2C(C(=O)OC(c3ccccc3)c3ccccc3)=C(CSC(=O)c3ccoc3C=O)CS[C@@H]12. The number of nitrogens with two attached hydrogens (primary N) is 1. The summed E-state index contributed by atoms with van der Waals surface area (Å²) in [7, 11) is 0. The Morgan fingerprint density at radius 3 is 2.38 bits per heavy atom. The number of furan rings is 1. The second-order valence-corrected chi connectivity index (χ2v) is 10.4. The molecule has 2 atom stereocenters.